The molecule has 3 N–H and O–H groups in total. The average Bonchev–Trinajstić information content (AvgIpc) is 2.26. The zero-order chi connectivity index (χ0) is 11.1. The highest BCUT2D eigenvalue weighted by Gasteiger charge is 1.99. The summed E-state index contributed by atoms with van der Waals surface area (Å²) in [7, 11) is 0. The summed E-state index contributed by atoms with van der Waals surface area (Å²) >= 11 is 0. The third-order valence-electron chi connectivity index (χ3n) is 2.28. The van der Waals surface area contributed by atoms with E-state index in [1.54, 1.807) is 12.1 Å². The topological polar surface area (TPSA) is 61.8 Å². The second-order valence-electron chi connectivity index (χ2n) is 3.55. The van der Waals surface area contributed by atoms with Crippen molar-refractivity contribution in [3.05, 3.63) is 23.8 Å². The molecule has 3 nitrogen and oxygen atoms in total. The number of rotatable bonds is 5. The van der Waals surface area contributed by atoms with Crippen LogP contribution in [0.1, 0.15) is 31.7 Å². The van der Waals surface area contributed by atoms with Gasteiger partial charge in [0.1, 0.15) is 6.07 Å². The third kappa shape index (κ3) is 3.51. The molecule has 0 bridgehead atoms. The number of nitrogens with two attached hydrogens (primary N) is 1. The number of hydrogen-bond donors (Lipinski definition) is 2. The van der Waals surface area contributed by atoms with Crippen molar-refractivity contribution in [1.29, 1.82) is 5.26 Å². The summed E-state index contributed by atoms with van der Waals surface area (Å²) in [6, 6.07) is 7.53. The lowest BCUT2D eigenvalue weighted by Crippen LogP contribution is -2.02. The predicted molar refractivity (Wildman–Crippen MR) is 63.6 cm³/mol. The highest BCUT2D eigenvalue weighted by molar-refractivity contribution is 5.61. The molecule has 1 aromatic rings. The number of hydrogen-bond acceptors (Lipinski definition) is 3. The van der Waals surface area contributed by atoms with Crippen molar-refractivity contribution in [2.75, 3.05) is 17.6 Å². The number of anilines is 2. The first-order chi connectivity index (χ1) is 7.27. The first kappa shape index (κ1) is 11.4. The zero-order valence-corrected chi connectivity index (χ0v) is 9.09. The molecule has 0 aliphatic carbocycles. The van der Waals surface area contributed by atoms with Crippen LogP contribution in [0.4, 0.5) is 11.4 Å². The monoisotopic (exact) mass is 203 g/mol. The molecular weight excluding hydrogens is 186 g/mol. The van der Waals surface area contributed by atoms with Gasteiger partial charge < -0.3 is 11.1 Å². The van der Waals surface area contributed by atoms with Gasteiger partial charge in [-0.25, -0.2) is 0 Å². The fourth-order valence-corrected chi connectivity index (χ4v) is 1.37. The molecule has 0 saturated heterocycles. The highest BCUT2D eigenvalue weighted by Crippen LogP contribution is 2.16. The summed E-state index contributed by atoms with van der Waals surface area (Å²) in [5.41, 5.74) is 7.67. The van der Waals surface area contributed by atoms with E-state index in [1.165, 1.54) is 12.8 Å². The molecule has 0 radical (unpaired) electrons. The molecule has 80 valence electrons. The number of unbranched alkanes of at least 4 members (excludes halogenated alkanes) is 2. The van der Waals surface area contributed by atoms with Gasteiger partial charge in [0.2, 0.25) is 0 Å². The van der Waals surface area contributed by atoms with Gasteiger partial charge >= 0.3 is 0 Å². The van der Waals surface area contributed by atoms with Crippen LogP contribution in [0.2, 0.25) is 0 Å². The van der Waals surface area contributed by atoms with Crippen LogP contribution >= 0.6 is 0 Å². The zero-order valence-electron chi connectivity index (χ0n) is 9.09. The fourth-order valence-electron chi connectivity index (χ4n) is 1.37. The van der Waals surface area contributed by atoms with Crippen LogP contribution in [0.15, 0.2) is 18.2 Å². The Hall–Kier alpha value is -1.69. The second kappa shape index (κ2) is 5.92. The summed E-state index contributed by atoms with van der Waals surface area (Å²) in [5.74, 6) is 0. The van der Waals surface area contributed by atoms with E-state index in [4.69, 9.17) is 11.0 Å². The molecule has 0 fully saturated rings. The summed E-state index contributed by atoms with van der Waals surface area (Å²) in [5, 5.41) is 12.1. The van der Waals surface area contributed by atoms with Crippen LogP contribution in [0.5, 0.6) is 0 Å². The molecule has 1 aromatic carbocycles. The Balaban J connectivity index is 2.52. The van der Waals surface area contributed by atoms with E-state index in [-0.39, 0.29) is 0 Å². The maximum Gasteiger partial charge on any atom is 0.101 e. The van der Waals surface area contributed by atoms with Crippen LogP contribution in [0, 0.1) is 11.3 Å². The number of nitrogens with zero attached hydrogens (tertiary/aromatic N) is 1. The quantitative estimate of drug-likeness (QED) is 0.571. The van der Waals surface area contributed by atoms with Gasteiger partial charge in [-0.1, -0.05) is 19.8 Å². The summed E-state index contributed by atoms with van der Waals surface area (Å²) in [6.45, 7) is 3.12. The Morgan fingerprint density at radius 1 is 1.40 bits per heavy atom. The Kier molecular flexibility index (Phi) is 4.49. The van der Waals surface area contributed by atoms with Gasteiger partial charge in [0, 0.05) is 17.9 Å². The molecule has 1 rings (SSSR count). The largest absolute Gasteiger partial charge is 0.398 e. The standard InChI is InChI=1S/C12H17N3/c1-2-3-4-7-15-11-5-6-12(14)10(8-11)9-13/h5-6,8,15H,2-4,7,14H2,1H3. The Morgan fingerprint density at radius 2 is 2.20 bits per heavy atom. The lowest BCUT2D eigenvalue weighted by molar-refractivity contribution is 0.744. The van der Waals surface area contributed by atoms with Crippen LogP contribution in [0.25, 0.3) is 0 Å². The van der Waals surface area contributed by atoms with Gasteiger partial charge in [0.05, 0.1) is 5.56 Å². The van der Waals surface area contributed by atoms with Crippen molar-refractivity contribution in [2.24, 2.45) is 0 Å². The van der Waals surface area contributed by atoms with Gasteiger partial charge in [-0.15, -0.1) is 0 Å². The molecule has 0 saturated carbocycles. The van der Waals surface area contributed by atoms with Crippen molar-refractivity contribution in [3.63, 3.8) is 0 Å². The first-order valence-electron chi connectivity index (χ1n) is 5.31. The van der Waals surface area contributed by atoms with Crippen molar-refractivity contribution >= 4 is 11.4 Å². The van der Waals surface area contributed by atoms with E-state index >= 15 is 0 Å². The highest BCUT2D eigenvalue weighted by atomic mass is 14.9. The molecule has 0 heterocycles. The van der Waals surface area contributed by atoms with Crippen molar-refractivity contribution in [3.8, 4) is 6.07 Å². The third-order valence-corrected chi connectivity index (χ3v) is 2.28. The molecule has 0 spiro atoms. The van der Waals surface area contributed by atoms with E-state index in [0.717, 1.165) is 18.7 Å². The Bertz CT molecular complexity index is 352. The maximum atomic E-state index is 8.79. The number of nitrogens with one attached hydrogen (secondary N) is 1. The van der Waals surface area contributed by atoms with Crippen LogP contribution in [0.3, 0.4) is 0 Å². The van der Waals surface area contributed by atoms with E-state index < -0.39 is 0 Å². The fraction of sp³-hybridized carbons (Fsp3) is 0.417. The van der Waals surface area contributed by atoms with Crippen molar-refractivity contribution in [2.45, 2.75) is 26.2 Å². The number of nitrogen functional groups attached to an aromatic ring is 1. The normalized spacial score (nSPS) is 9.60. The summed E-state index contributed by atoms with van der Waals surface area (Å²) in [6.07, 6.45) is 3.60. The minimum absolute atomic E-state index is 0.537. The predicted octanol–water partition coefficient (Wildman–Crippen LogP) is 2.74. The van der Waals surface area contributed by atoms with E-state index in [2.05, 4.69) is 18.3 Å². The van der Waals surface area contributed by atoms with Crippen LogP contribution in [-0.2, 0) is 0 Å². The van der Waals surface area contributed by atoms with Gasteiger partial charge in [-0.3, -0.25) is 0 Å². The molecule has 15 heavy (non-hydrogen) atoms. The van der Waals surface area contributed by atoms with Gasteiger partial charge in [0.25, 0.3) is 0 Å². The van der Waals surface area contributed by atoms with Crippen LogP contribution in [-0.4, -0.2) is 6.54 Å². The molecular formula is C12H17N3. The Labute approximate surface area is 90.9 Å². The molecule has 0 atom stereocenters. The molecule has 0 amide bonds. The first-order valence-corrected chi connectivity index (χ1v) is 5.31. The Morgan fingerprint density at radius 3 is 2.87 bits per heavy atom. The summed E-state index contributed by atoms with van der Waals surface area (Å²) < 4.78 is 0. The van der Waals surface area contributed by atoms with Crippen molar-refractivity contribution < 1.29 is 0 Å². The lowest BCUT2D eigenvalue weighted by atomic mass is 10.1. The molecule has 0 unspecified atom stereocenters. The maximum absolute atomic E-state index is 8.79. The SMILES string of the molecule is CCCCCNc1ccc(N)c(C#N)c1. The minimum Gasteiger partial charge on any atom is -0.398 e. The average molecular weight is 203 g/mol. The lowest BCUT2D eigenvalue weighted by Gasteiger charge is -2.06. The van der Waals surface area contributed by atoms with Gasteiger partial charge in [0.15, 0.2) is 0 Å². The number of nitriles is 1. The van der Waals surface area contributed by atoms with E-state index in [1.807, 2.05) is 6.07 Å². The van der Waals surface area contributed by atoms with Crippen LogP contribution < -0.4 is 11.1 Å². The van der Waals surface area contributed by atoms with E-state index in [9.17, 15) is 0 Å². The molecule has 0 aliphatic heterocycles. The molecule has 0 aliphatic rings. The molecule has 3 heteroatoms. The van der Waals surface area contributed by atoms with E-state index in [0.29, 0.717) is 11.3 Å². The number of benzene rings is 1. The van der Waals surface area contributed by atoms with Gasteiger partial charge in [-0.05, 0) is 24.6 Å². The molecule has 0 aromatic heterocycles. The van der Waals surface area contributed by atoms with Gasteiger partial charge in [-0.2, -0.15) is 5.26 Å². The summed E-state index contributed by atoms with van der Waals surface area (Å²) in [4.78, 5) is 0. The smallest absolute Gasteiger partial charge is 0.101 e. The minimum atomic E-state index is 0.537. The van der Waals surface area contributed by atoms with Crippen molar-refractivity contribution in [1.82, 2.24) is 0 Å². The second-order valence-corrected chi connectivity index (χ2v) is 3.55.